The first kappa shape index (κ1) is 18.2. The number of aromatic hydroxyl groups is 1. The quantitative estimate of drug-likeness (QED) is 0.605. The van der Waals surface area contributed by atoms with Gasteiger partial charge < -0.3 is 20.5 Å². The Morgan fingerprint density at radius 3 is 2.43 bits per heavy atom. The van der Waals surface area contributed by atoms with Crippen molar-refractivity contribution in [2.75, 3.05) is 17.7 Å². The van der Waals surface area contributed by atoms with E-state index in [1.165, 1.54) is 0 Å². The number of nitrogens with zero attached hydrogens (tertiary/aromatic N) is 2. The molecule has 2 atom stereocenters. The van der Waals surface area contributed by atoms with Gasteiger partial charge in [0, 0.05) is 17.7 Å². The molecule has 1 aliphatic heterocycles. The summed E-state index contributed by atoms with van der Waals surface area (Å²) < 4.78 is 10.1. The predicted molar refractivity (Wildman–Crippen MR) is 109 cm³/mol. The van der Waals surface area contributed by atoms with Gasteiger partial charge in [-0.15, -0.1) is 0 Å². The van der Waals surface area contributed by atoms with Crippen molar-refractivity contribution in [2.24, 2.45) is 0 Å². The lowest BCUT2D eigenvalue weighted by Crippen LogP contribution is -2.27. The fourth-order valence-corrected chi connectivity index (χ4v) is 4.13. The smallest absolute Gasteiger partial charge is 0.219 e. The van der Waals surface area contributed by atoms with Crippen LogP contribution in [0.3, 0.4) is 0 Å². The molecule has 3 aromatic rings. The van der Waals surface area contributed by atoms with E-state index in [0.29, 0.717) is 30.1 Å². The van der Waals surface area contributed by atoms with Crippen LogP contribution in [-0.2, 0) is 4.79 Å². The average Bonchev–Trinajstić information content (AvgIpc) is 3.13. The zero-order chi connectivity index (χ0) is 20.7. The van der Waals surface area contributed by atoms with E-state index >= 15 is 0 Å². The van der Waals surface area contributed by atoms with Gasteiger partial charge >= 0.3 is 0 Å². The highest BCUT2D eigenvalue weighted by atomic mass is 16.6. The lowest BCUT2D eigenvalue weighted by atomic mass is 9.78. The Morgan fingerprint density at radius 1 is 1.00 bits per heavy atom. The highest BCUT2D eigenvalue weighted by Crippen LogP contribution is 2.43. The Kier molecular flexibility index (Phi) is 4.39. The summed E-state index contributed by atoms with van der Waals surface area (Å²) in [7, 11) is 1.63. The second-order valence-corrected chi connectivity index (χ2v) is 7.45. The molecule has 30 heavy (non-hydrogen) atoms. The fourth-order valence-electron chi connectivity index (χ4n) is 4.13. The molecule has 0 unspecified atom stereocenters. The van der Waals surface area contributed by atoms with Gasteiger partial charge in [0.1, 0.15) is 11.5 Å². The number of allylic oxidation sites excluding steroid dienone is 1. The van der Waals surface area contributed by atoms with Crippen molar-refractivity contribution in [1.82, 2.24) is 10.3 Å². The number of anilines is 2. The van der Waals surface area contributed by atoms with Crippen molar-refractivity contribution >= 4 is 17.4 Å². The minimum Gasteiger partial charge on any atom is -0.508 e. The molecule has 2 aliphatic rings. The zero-order valence-corrected chi connectivity index (χ0v) is 16.3. The monoisotopic (exact) mass is 404 g/mol. The van der Waals surface area contributed by atoms with Crippen LogP contribution in [0.25, 0.3) is 0 Å². The van der Waals surface area contributed by atoms with Crippen molar-refractivity contribution in [3.63, 3.8) is 0 Å². The Hall–Kier alpha value is -3.81. The van der Waals surface area contributed by atoms with Crippen LogP contribution in [0.2, 0.25) is 0 Å². The molecule has 1 aliphatic carbocycles. The second-order valence-electron chi connectivity index (χ2n) is 7.45. The molecule has 2 aromatic carbocycles. The first-order valence-corrected chi connectivity index (χ1v) is 9.67. The predicted octanol–water partition coefficient (Wildman–Crippen LogP) is 3.76. The number of phenolic OH excluding ortho intramolecular Hbond substituents is 1. The van der Waals surface area contributed by atoms with Crippen molar-refractivity contribution in [2.45, 2.75) is 24.8 Å². The van der Waals surface area contributed by atoms with E-state index < -0.39 is 6.04 Å². The van der Waals surface area contributed by atoms with Gasteiger partial charge in [-0.2, -0.15) is 0 Å². The van der Waals surface area contributed by atoms with Crippen LogP contribution in [0.15, 0.2) is 64.4 Å². The molecule has 0 amide bonds. The standard InChI is InChI=1S/C22H20N4O4/c1-29-16-8-4-12(5-9-16)14-10-17-19(18(28)11-14)20(13-2-6-15(27)7-3-13)24-22-21(23-17)25-30-26-22/h2-9,14,20,27H,10-11H2,1H3,(H,23,25)(H,24,26)/t14-,20-/m1/s1. The summed E-state index contributed by atoms with van der Waals surface area (Å²) in [5.74, 6) is 1.93. The first-order chi connectivity index (χ1) is 14.6. The number of hydrogen-bond donors (Lipinski definition) is 3. The van der Waals surface area contributed by atoms with Gasteiger partial charge in [-0.25, -0.2) is 4.63 Å². The maximum atomic E-state index is 13.3. The van der Waals surface area contributed by atoms with Gasteiger partial charge in [0.05, 0.1) is 13.2 Å². The topological polar surface area (TPSA) is 110 Å². The molecule has 0 saturated heterocycles. The van der Waals surface area contributed by atoms with Gasteiger partial charge in [-0.1, -0.05) is 24.3 Å². The largest absolute Gasteiger partial charge is 0.508 e. The molecule has 2 heterocycles. The summed E-state index contributed by atoms with van der Waals surface area (Å²) in [6.07, 6.45) is 1.05. The van der Waals surface area contributed by atoms with Crippen LogP contribution in [0.4, 0.5) is 11.6 Å². The van der Waals surface area contributed by atoms with Gasteiger partial charge in [0.15, 0.2) is 5.78 Å². The summed E-state index contributed by atoms with van der Waals surface area (Å²) in [6.45, 7) is 0. The van der Waals surface area contributed by atoms with E-state index in [0.717, 1.165) is 22.6 Å². The Labute approximate surface area is 172 Å². The molecule has 0 radical (unpaired) electrons. The van der Waals surface area contributed by atoms with Gasteiger partial charge in [0.25, 0.3) is 0 Å². The molecule has 0 spiro atoms. The van der Waals surface area contributed by atoms with E-state index in [2.05, 4.69) is 20.9 Å². The number of phenols is 1. The van der Waals surface area contributed by atoms with Crippen LogP contribution in [0.5, 0.6) is 11.5 Å². The van der Waals surface area contributed by atoms with E-state index in [1.54, 1.807) is 31.4 Å². The maximum absolute atomic E-state index is 13.3. The SMILES string of the molecule is COc1ccc([C@H]2CC(=O)C3=C(C2)Nc2nonc2N[C@@H]3c2ccc(O)cc2)cc1. The summed E-state index contributed by atoms with van der Waals surface area (Å²) in [4.78, 5) is 13.3. The molecular weight excluding hydrogens is 384 g/mol. The van der Waals surface area contributed by atoms with E-state index in [9.17, 15) is 9.90 Å². The number of benzene rings is 2. The fraction of sp³-hybridized carbons (Fsp3) is 0.227. The lowest BCUT2D eigenvalue weighted by Gasteiger charge is -2.29. The van der Waals surface area contributed by atoms with Crippen LogP contribution < -0.4 is 15.4 Å². The third-order valence-electron chi connectivity index (χ3n) is 5.65. The first-order valence-electron chi connectivity index (χ1n) is 9.67. The molecule has 5 rings (SSSR count). The van der Waals surface area contributed by atoms with Crippen molar-refractivity contribution in [1.29, 1.82) is 0 Å². The number of carbonyl (C=O) groups excluding carboxylic acids is 1. The summed E-state index contributed by atoms with van der Waals surface area (Å²) in [5.41, 5.74) is 3.38. The lowest BCUT2D eigenvalue weighted by molar-refractivity contribution is -0.116. The Bertz CT molecular complexity index is 1120. The number of fused-ring (bicyclic) bond motifs is 1. The van der Waals surface area contributed by atoms with Gasteiger partial charge in [-0.3, -0.25) is 4.79 Å². The number of Topliss-reactive ketones (excluding diaryl/α,β-unsaturated/α-hetero) is 1. The summed E-state index contributed by atoms with van der Waals surface area (Å²) in [5, 5.41) is 24.0. The minimum absolute atomic E-state index is 0.0385. The Balaban J connectivity index is 1.55. The number of ketones is 1. The van der Waals surface area contributed by atoms with Crippen LogP contribution in [0.1, 0.15) is 35.9 Å². The molecule has 3 N–H and O–H groups in total. The van der Waals surface area contributed by atoms with Gasteiger partial charge in [0.2, 0.25) is 11.6 Å². The second kappa shape index (κ2) is 7.22. The van der Waals surface area contributed by atoms with E-state index in [-0.39, 0.29) is 17.5 Å². The average molecular weight is 404 g/mol. The number of nitrogens with one attached hydrogen (secondary N) is 2. The molecular formula is C22H20N4O4. The van der Waals surface area contributed by atoms with E-state index in [1.807, 2.05) is 24.3 Å². The molecule has 8 nitrogen and oxygen atoms in total. The highest BCUT2D eigenvalue weighted by Gasteiger charge is 2.37. The molecule has 8 heteroatoms. The van der Waals surface area contributed by atoms with Crippen LogP contribution in [-0.4, -0.2) is 28.3 Å². The number of rotatable bonds is 3. The third-order valence-corrected chi connectivity index (χ3v) is 5.65. The number of aromatic nitrogens is 2. The zero-order valence-electron chi connectivity index (χ0n) is 16.3. The highest BCUT2D eigenvalue weighted by molar-refractivity contribution is 6.00. The van der Waals surface area contributed by atoms with Crippen molar-refractivity contribution in [3.8, 4) is 11.5 Å². The van der Waals surface area contributed by atoms with Crippen LogP contribution >= 0.6 is 0 Å². The van der Waals surface area contributed by atoms with Crippen LogP contribution in [0, 0.1) is 0 Å². The summed E-state index contributed by atoms with van der Waals surface area (Å²) >= 11 is 0. The number of carbonyl (C=O) groups is 1. The van der Waals surface area contributed by atoms with Crippen molar-refractivity contribution in [3.05, 3.63) is 70.9 Å². The number of methoxy groups -OCH3 is 1. The Morgan fingerprint density at radius 2 is 1.70 bits per heavy atom. The molecule has 0 bridgehead atoms. The molecule has 0 fully saturated rings. The van der Waals surface area contributed by atoms with Crippen molar-refractivity contribution < 1.29 is 19.3 Å². The maximum Gasteiger partial charge on any atom is 0.219 e. The van der Waals surface area contributed by atoms with Gasteiger partial charge in [-0.05, 0) is 58.0 Å². The molecule has 0 saturated carbocycles. The summed E-state index contributed by atoms with van der Waals surface area (Å²) in [6, 6.07) is 14.2. The minimum atomic E-state index is -0.425. The normalized spacial score (nSPS) is 20.5. The van der Waals surface area contributed by atoms with E-state index in [4.69, 9.17) is 9.37 Å². The number of hydrogen-bond acceptors (Lipinski definition) is 8. The number of ether oxygens (including phenoxy) is 1. The third kappa shape index (κ3) is 3.16. The molecule has 152 valence electrons. The molecule has 1 aromatic heterocycles.